The maximum absolute atomic E-state index is 12.3. The van der Waals surface area contributed by atoms with E-state index in [1.165, 1.54) is 13.4 Å². The number of methoxy groups -OCH3 is 1. The van der Waals surface area contributed by atoms with Crippen LogP contribution in [0, 0.1) is 0 Å². The summed E-state index contributed by atoms with van der Waals surface area (Å²) < 4.78 is 10.2. The maximum atomic E-state index is 12.3. The fraction of sp³-hybridized carbons (Fsp3) is 0.238. The molecule has 0 atom stereocenters. The fourth-order valence-electron chi connectivity index (χ4n) is 3.05. The molecule has 0 radical (unpaired) electrons. The van der Waals surface area contributed by atoms with Gasteiger partial charge in [-0.25, -0.2) is 14.8 Å². The molecule has 7 heteroatoms. The van der Waals surface area contributed by atoms with Gasteiger partial charge in [-0.05, 0) is 31.6 Å². The molecule has 0 bridgehead atoms. The number of Topliss-reactive ketones (excluding diaryl/α,β-unsaturated/α-hetero) is 1. The van der Waals surface area contributed by atoms with Crippen LogP contribution in [0.3, 0.4) is 0 Å². The number of H-pyrrole nitrogens is 1. The first-order valence-corrected chi connectivity index (χ1v) is 8.91. The normalized spacial score (nSPS) is 11.5. The molecule has 0 aliphatic carbocycles. The molecule has 28 heavy (non-hydrogen) atoms. The minimum Gasteiger partial charge on any atom is -0.493 e. The summed E-state index contributed by atoms with van der Waals surface area (Å²) in [5.74, 6) is -0.220. The van der Waals surface area contributed by atoms with Crippen molar-refractivity contribution in [2.24, 2.45) is 0 Å². The minimum absolute atomic E-state index is 0.108. The number of aromatic amines is 1. The molecule has 3 rings (SSSR count). The number of nitrogens with zero attached hydrogens (tertiary/aromatic N) is 2. The standard InChI is InChI=1S/C21H21N3O4/c1-4-17(27-3)16(25)10-13-7-6-8-14(9-13)19-18-15(21(26)28-5-2)11-22-20(18)24-12-23-19/h4,6-9,11-12H,5,10H2,1-3H3,(H,22,23,24)/b17-4+. The Morgan fingerprint density at radius 1 is 1.25 bits per heavy atom. The van der Waals surface area contributed by atoms with Crippen LogP contribution in [0.15, 0.2) is 48.6 Å². The van der Waals surface area contributed by atoms with Gasteiger partial charge in [0.25, 0.3) is 0 Å². The van der Waals surface area contributed by atoms with Crippen molar-refractivity contribution >= 4 is 22.8 Å². The number of ether oxygens (including phenoxy) is 2. The quantitative estimate of drug-likeness (QED) is 0.384. The molecule has 0 fully saturated rings. The van der Waals surface area contributed by atoms with Gasteiger partial charge in [0.1, 0.15) is 12.0 Å². The first-order valence-electron chi connectivity index (χ1n) is 8.91. The van der Waals surface area contributed by atoms with E-state index >= 15 is 0 Å². The Hall–Kier alpha value is -3.48. The van der Waals surface area contributed by atoms with E-state index in [1.54, 1.807) is 26.1 Å². The summed E-state index contributed by atoms with van der Waals surface area (Å²) in [6, 6.07) is 7.48. The zero-order chi connectivity index (χ0) is 20.1. The van der Waals surface area contributed by atoms with Gasteiger partial charge in [-0.15, -0.1) is 0 Å². The van der Waals surface area contributed by atoms with Crippen molar-refractivity contribution in [3.63, 3.8) is 0 Å². The summed E-state index contributed by atoms with van der Waals surface area (Å²) in [5, 5.41) is 0.593. The molecule has 7 nitrogen and oxygen atoms in total. The third-order valence-corrected chi connectivity index (χ3v) is 4.29. The molecule has 0 spiro atoms. The number of hydrogen-bond acceptors (Lipinski definition) is 6. The molecule has 3 aromatic rings. The van der Waals surface area contributed by atoms with Gasteiger partial charge in [0.05, 0.1) is 30.4 Å². The first kappa shape index (κ1) is 19.3. The first-order chi connectivity index (χ1) is 13.6. The summed E-state index contributed by atoms with van der Waals surface area (Å²) in [7, 11) is 1.48. The predicted molar refractivity (Wildman–Crippen MR) is 105 cm³/mol. The lowest BCUT2D eigenvalue weighted by molar-refractivity contribution is -0.117. The third kappa shape index (κ3) is 3.78. The van der Waals surface area contributed by atoms with Gasteiger partial charge in [-0.2, -0.15) is 0 Å². The van der Waals surface area contributed by atoms with Gasteiger partial charge >= 0.3 is 5.97 Å². The van der Waals surface area contributed by atoms with Gasteiger partial charge in [-0.1, -0.05) is 18.2 Å². The lowest BCUT2D eigenvalue weighted by Gasteiger charge is -2.08. The van der Waals surface area contributed by atoms with Crippen molar-refractivity contribution in [3.05, 3.63) is 59.8 Å². The Balaban J connectivity index is 2.03. The van der Waals surface area contributed by atoms with Crippen LogP contribution in [0.25, 0.3) is 22.3 Å². The minimum atomic E-state index is -0.436. The number of fused-ring (bicyclic) bond motifs is 1. The highest BCUT2D eigenvalue weighted by Crippen LogP contribution is 2.29. The van der Waals surface area contributed by atoms with Crippen LogP contribution in [-0.4, -0.2) is 40.4 Å². The average Bonchev–Trinajstić information content (AvgIpc) is 3.13. The van der Waals surface area contributed by atoms with Crippen LogP contribution in [0.4, 0.5) is 0 Å². The van der Waals surface area contributed by atoms with E-state index in [9.17, 15) is 9.59 Å². The lowest BCUT2D eigenvalue weighted by atomic mass is 10.0. The second kappa shape index (κ2) is 8.47. The molecule has 0 aliphatic heterocycles. The van der Waals surface area contributed by atoms with Crippen molar-refractivity contribution in [1.82, 2.24) is 15.0 Å². The van der Waals surface area contributed by atoms with Gasteiger partial charge in [0.2, 0.25) is 5.78 Å². The van der Waals surface area contributed by atoms with Crippen LogP contribution in [0.5, 0.6) is 0 Å². The van der Waals surface area contributed by atoms with Crippen LogP contribution in [0.2, 0.25) is 0 Å². The molecule has 2 aromatic heterocycles. The Morgan fingerprint density at radius 2 is 2.07 bits per heavy atom. The SMILES string of the molecule is C/C=C(/OC)C(=O)Cc1cccc(-c2ncnc3[nH]cc(C(=O)OCC)c23)c1. The van der Waals surface area contributed by atoms with Crippen LogP contribution in [0.1, 0.15) is 29.8 Å². The average molecular weight is 379 g/mol. The predicted octanol–water partition coefficient (Wildman–Crippen LogP) is 3.46. The molecular weight excluding hydrogens is 358 g/mol. The molecule has 144 valence electrons. The molecule has 2 heterocycles. The van der Waals surface area contributed by atoms with E-state index in [4.69, 9.17) is 9.47 Å². The smallest absolute Gasteiger partial charge is 0.340 e. The van der Waals surface area contributed by atoms with E-state index in [0.717, 1.165) is 11.1 Å². The molecule has 0 saturated heterocycles. The topological polar surface area (TPSA) is 94.2 Å². The molecule has 0 unspecified atom stereocenters. The molecule has 0 aliphatic rings. The number of aromatic nitrogens is 3. The van der Waals surface area contributed by atoms with E-state index in [0.29, 0.717) is 28.0 Å². The van der Waals surface area contributed by atoms with Crippen molar-refractivity contribution < 1.29 is 19.1 Å². The molecule has 1 N–H and O–H groups in total. The molecule has 1 aromatic carbocycles. The zero-order valence-electron chi connectivity index (χ0n) is 16.0. The number of nitrogens with one attached hydrogen (secondary N) is 1. The van der Waals surface area contributed by atoms with Crippen molar-refractivity contribution in [3.8, 4) is 11.3 Å². The Labute approximate surface area is 162 Å². The van der Waals surface area contributed by atoms with Gasteiger partial charge in [0.15, 0.2) is 5.76 Å². The summed E-state index contributed by atoms with van der Waals surface area (Å²) >= 11 is 0. The molecule has 0 amide bonds. The van der Waals surface area contributed by atoms with Gasteiger partial charge in [0, 0.05) is 18.2 Å². The van der Waals surface area contributed by atoms with Gasteiger partial charge < -0.3 is 14.5 Å². The highest BCUT2D eigenvalue weighted by atomic mass is 16.5. The lowest BCUT2D eigenvalue weighted by Crippen LogP contribution is -2.08. The van der Waals surface area contributed by atoms with Crippen LogP contribution < -0.4 is 0 Å². The maximum Gasteiger partial charge on any atom is 0.340 e. The number of esters is 1. The molecular formula is C21H21N3O4. The Kier molecular flexibility index (Phi) is 5.84. The van der Waals surface area contributed by atoms with Crippen molar-refractivity contribution in [1.29, 1.82) is 0 Å². The number of allylic oxidation sites excluding steroid dienone is 2. The fourth-order valence-corrected chi connectivity index (χ4v) is 3.05. The van der Waals surface area contributed by atoms with E-state index in [2.05, 4.69) is 15.0 Å². The number of ketones is 1. The number of hydrogen-bond donors (Lipinski definition) is 1. The summed E-state index contributed by atoms with van der Waals surface area (Å²) in [4.78, 5) is 36.2. The largest absolute Gasteiger partial charge is 0.493 e. The number of carbonyl (C=O) groups is 2. The van der Waals surface area contributed by atoms with E-state index < -0.39 is 5.97 Å². The van der Waals surface area contributed by atoms with Crippen molar-refractivity contribution in [2.75, 3.05) is 13.7 Å². The van der Waals surface area contributed by atoms with Crippen LogP contribution in [-0.2, 0) is 20.7 Å². The monoisotopic (exact) mass is 379 g/mol. The van der Waals surface area contributed by atoms with E-state index in [1.807, 2.05) is 24.3 Å². The highest BCUT2D eigenvalue weighted by Gasteiger charge is 2.19. The van der Waals surface area contributed by atoms with E-state index in [-0.39, 0.29) is 18.8 Å². The Bertz CT molecular complexity index is 1050. The number of benzene rings is 1. The second-order valence-corrected chi connectivity index (χ2v) is 6.03. The zero-order valence-corrected chi connectivity index (χ0v) is 16.0. The highest BCUT2D eigenvalue weighted by molar-refractivity contribution is 6.08. The second-order valence-electron chi connectivity index (χ2n) is 6.03. The number of carbonyl (C=O) groups excluding carboxylic acids is 2. The summed E-state index contributed by atoms with van der Waals surface area (Å²) in [5.41, 5.74) is 3.12. The molecule has 0 saturated carbocycles. The van der Waals surface area contributed by atoms with Crippen molar-refractivity contribution in [2.45, 2.75) is 20.3 Å². The number of rotatable bonds is 7. The summed E-state index contributed by atoms with van der Waals surface area (Å²) in [6.45, 7) is 3.79. The Morgan fingerprint density at radius 3 is 2.79 bits per heavy atom. The third-order valence-electron chi connectivity index (χ3n) is 4.29. The van der Waals surface area contributed by atoms with Gasteiger partial charge in [-0.3, -0.25) is 4.79 Å². The summed E-state index contributed by atoms with van der Waals surface area (Å²) in [6.07, 6.45) is 4.86. The van der Waals surface area contributed by atoms with Crippen LogP contribution >= 0.6 is 0 Å².